The van der Waals surface area contributed by atoms with E-state index in [2.05, 4.69) is 10.3 Å². The maximum absolute atomic E-state index is 12.7. The molecule has 1 aromatic carbocycles. The van der Waals surface area contributed by atoms with E-state index in [1.165, 1.54) is 0 Å². The molecule has 1 amide bonds. The first kappa shape index (κ1) is 15.1. The molecule has 2 aromatic rings. The molecule has 2 atom stereocenters. The molecule has 0 unspecified atom stereocenters. The maximum Gasteiger partial charge on any atom is 0.254 e. The minimum atomic E-state index is 0.108. The highest BCUT2D eigenvalue weighted by Crippen LogP contribution is 2.28. The number of rotatable bonds is 4. The third kappa shape index (κ3) is 3.12. The van der Waals surface area contributed by atoms with Crippen molar-refractivity contribution in [2.75, 3.05) is 26.2 Å². The predicted octanol–water partition coefficient (Wildman–Crippen LogP) is 1.95. The van der Waals surface area contributed by atoms with Crippen LogP contribution in [0.15, 0.2) is 48.8 Å². The van der Waals surface area contributed by atoms with Crippen LogP contribution in [0.2, 0.25) is 0 Å². The van der Waals surface area contributed by atoms with Crippen molar-refractivity contribution in [3.8, 4) is 5.75 Å². The van der Waals surface area contributed by atoms with E-state index in [9.17, 15) is 4.79 Å². The summed E-state index contributed by atoms with van der Waals surface area (Å²) in [4.78, 5) is 18.8. The molecule has 2 fully saturated rings. The van der Waals surface area contributed by atoms with Gasteiger partial charge in [0, 0.05) is 49.7 Å². The van der Waals surface area contributed by atoms with Gasteiger partial charge in [-0.2, -0.15) is 0 Å². The Morgan fingerprint density at radius 2 is 2.04 bits per heavy atom. The number of pyridine rings is 1. The maximum atomic E-state index is 12.7. The van der Waals surface area contributed by atoms with Crippen molar-refractivity contribution in [3.63, 3.8) is 0 Å². The average Bonchev–Trinajstić information content (AvgIpc) is 3.22. The quantitative estimate of drug-likeness (QED) is 0.934. The average molecular weight is 323 g/mol. The fraction of sp³-hybridized carbons (Fsp3) is 0.368. The molecule has 5 heteroatoms. The van der Waals surface area contributed by atoms with E-state index in [1.54, 1.807) is 12.4 Å². The van der Waals surface area contributed by atoms with E-state index in [-0.39, 0.29) is 5.91 Å². The third-order valence-corrected chi connectivity index (χ3v) is 4.89. The second kappa shape index (κ2) is 6.61. The Bertz CT molecular complexity index is 708. The van der Waals surface area contributed by atoms with Gasteiger partial charge in [0.2, 0.25) is 0 Å². The zero-order chi connectivity index (χ0) is 16.4. The topological polar surface area (TPSA) is 54.5 Å². The van der Waals surface area contributed by atoms with E-state index in [1.807, 2.05) is 41.3 Å². The molecule has 5 nitrogen and oxygen atoms in total. The summed E-state index contributed by atoms with van der Waals surface area (Å²) in [5.41, 5.74) is 1.71. The smallest absolute Gasteiger partial charge is 0.254 e. The molecule has 124 valence electrons. The zero-order valence-corrected chi connectivity index (χ0v) is 13.5. The third-order valence-electron chi connectivity index (χ3n) is 4.89. The zero-order valence-electron chi connectivity index (χ0n) is 13.5. The van der Waals surface area contributed by atoms with Crippen LogP contribution in [0.25, 0.3) is 0 Å². The van der Waals surface area contributed by atoms with E-state index in [0.29, 0.717) is 29.8 Å². The second-order valence-electron chi connectivity index (χ2n) is 6.57. The number of hydrogen-bond donors (Lipinski definition) is 1. The van der Waals surface area contributed by atoms with Crippen LogP contribution in [-0.4, -0.2) is 42.0 Å². The van der Waals surface area contributed by atoms with Gasteiger partial charge in [-0.25, -0.2) is 0 Å². The Labute approximate surface area is 141 Å². The van der Waals surface area contributed by atoms with Gasteiger partial charge in [-0.3, -0.25) is 9.78 Å². The van der Waals surface area contributed by atoms with Crippen LogP contribution in [0, 0.1) is 11.8 Å². The van der Waals surface area contributed by atoms with Crippen LogP contribution in [0.3, 0.4) is 0 Å². The van der Waals surface area contributed by atoms with Crippen LogP contribution in [0.5, 0.6) is 5.75 Å². The van der Waals surface area contributed by atoms with Gasteiger partial charge in [0.25, 0.3) is 5.91 Å². The number of fused-ring (bicyclic) bond motifs is 1. The molecule has 0 saturated carbocycles. The van der Waals surface area contributed by atoms with Gasteiger partial charge >= 0.3 is 0 Å². The lowest BCUT2D eigenvalue weighted by Gasteiger charge is -2.18. The lowest BCUT2D eigenvalue weighted by Crippen LogP contribution is -2.31. The number of benzene rings is 1. The van der Waals surface area contributed by atoms with Crippen molar-refractivity contribution < 1.29 is 9.53 Å². The van der Waals surface area contributed by atoms with E-state index >= 15 is 0 Å². The van der Waals surface area contributed by atoms with Crippen molar-refractivity contribution >= 4 is 5.91 Å². The molecule has 2 aliphatic rings. The number of nitrogens with one attached hydrogen (secondary N) is 1. The highest BCUT2D eigenvalue weighted by molar-refractivity contribution is 5.94. The molecule has 0 radical (unpaired) electrons. The summed E-state index contributed by atoms with van der Waals surface area (Å²) < 4.78 is 5.80. The van der Waals surface area contributed by atoms with Crippen molar-refractivity contribution in [3.05, 3.63) is 59.9 Å². The Hall–Kier alpha value is -2.40. The van der Waals surface area contributed by atoms with Gasteiger partial charge < -0.3 is 15.0 Å². The molecule has 2 saturated heterocycles. The molecule has 3 heterocycles. The van der Waals surface area contributed by atoms with Gasteiger partial charge in [0.15, 0.2) is 0 Å². The Balaban J connectivity index is 1.41. The fourth-order valence-corrected chi connectivity index (χ4v) is 3.57. The molecular formula is C19H21N3O2. The number of likely N-dealkylation sites (tertiary alicyclic amines) is 1. The number of aromatic nitrogens is 1. The van der Waals surface area contributed by atoms with E-state index < -0.39 is 0 Å². The largest absolute Gasteiger partial charge is 0.489 e. The first-order valence-electron chi connectivity index (χ1n) is 8.41. The normalized spacial score (nSPS) is 22.4. The molecule has 4 rings (SSSR count). The van der Waals surface area contributed by atoms with Crippen LogP contribution >= 0.6 is 0 Å². The van der Waals surface area contributed by atoms with E-state index in [4.69, 9.17) is 4.74 Å². The van der Waals surface area contributed by atoms with E-state index in [0.717, 1.165) is 31.7 Å². The summed E-state index contributed by atoms with van der Waals surface area (Å²) in [5.74, 6) is 2.04. The minimum Gasteiger partial charge on any atom is -0.489 e. The Morgan fingerprint density at radius 3 is 2.79 bits per heavy atom. The number of amides is 1. The van der Waals surface area contributed by atoms with Crippen LogP contribution in [0.4, 0.5) is 0 Å². The number of nitrogens with zero attached hydrogens (tertiary/aromatic N) is 2. The van der Waals surface area contributed by atoms with Crippen molar-refractivity contribution in [1.82, 2.24) is 15.2 Å². The molecule has 0 spiro atoms. The molecule has 0 aliphatic carbocycles. The predicted molar refractivity (Wildman–Crippen MR) is 90.8 cm³/mol. The van der Waals surface area contributed by atoms with Crippen LogP contribution < -0.4 is 10.1 Å². The SMILES string of the molecule is O=C(c1cccc(OCc2cccnc2)c1)N1C[C@H]2CNC[C@H]2C1. The van der Waals surface area contributed by atoms with Gasteiger partial charge in [0.1, 0.15) is 12.4 Å². The molecule has 0 bridgehead atoms. The summed E-state index contributed by atoms with van der Waals surface area (Å²) in [7, 11) is 0. The summed E-state index contributed by atoms with van der Waals surface area (Å²) in [6.07, 6.45) is 3.52. The standard InChI is InChI=1S/C19H21N3O2/c23-19(22-11-16-9-21-10-17(16)12-22)15-4-1-5-18(7-15)24-13-14-3-2-6-20-8-14/h1-8,16-17,21H,9-13H2/t16-,17+. The summed E-state index contributed by atoms with van der Waals surface area (Å²) in [6, 6.07) is 11.3. The molecule has 24 heavy (non-hydrogen) atoms. The van der Waals surface area contributed by atoms with Crippen molar-refractivity contribution in [2.24, 2.45) is 11.8 Å². The number of carbonyl (C=O) groups excluding carboxylic acids is 1. The molecule has 1 N–H and O–H groups in total. The van der Waals surface area contributed by atoms with Crippen molar-refractivity contribution in [2.45, 2.75) is 6.61 Å². The number of hydrogen-bond acceptors (Lipinski definition) is 4. The highest BCUT2D eigenvalue weighted by atomic mass is 16.5. The lowest BCUT2D eigenvalue weighted by atomic mass is 10.0. The first-order valence-corrected chi connectivity index (χ1v) is 8.41. The highest BCUT2D eigenvalue weighted by Gasteiger charge is 2.38. The van der Waals surface area contributed by atoms with Gasteiger partial charge in [-0.15, -0.1) is 0 Å². The molecule has 2 aliphatic heterocycles. The second-order valence-corrected chi connectivity index (χ2v) is 6.57. The minimum absolute atomic E-state index is 0.108. The monoisotopic (exact) mass is 323 g/mol. The molecular weight excluding hydrogens is 302 g/mol. The van der Waals surface area contributed by atoms with Gasteiger partial charge in [0.05, 0.1) is 0 Å². The summed E-state index contributed by atoms with van der Waals surface area (Å²) >= 11 is 0. The van der Waals surface area contributed by atoms with Crippen molar-refractivity contribution in [1.29, 1.82) is 0 Å². The first-order chi connectivity index (χ1) is 11.8. The molecule has 1 aromatic heterocycles. The lowest BCUT2D eigenvalue weighted by molar-refractivity contribution is 0.0781. The Kier molecular flexibility index (Phi) is 4.17. The fourth-order valence-electron chi connectivity index (χ4n) is 3.57. The van der Waals surface area contributed by atoms with Gasteiger partial charge in [-0.1, -0.05) is 12.1 Å². The van der Waals surface area contributed by atoms with Gasteiger partial charge in [-0.05, 0) is 36.1 Å². The number of ether oxygens (including phenoxy) is 1. The number of carbonyl (C=O) groups is 1. The summed E-state index contributed by atoms with van der Waals surface area (Å²) in [6.45, 7) is 4.23. The van der Waals surface area contributed by atoms with Crippen LogP contribution in [-0.2, 0) is 6.61 Å². The Morgan fingerprint density at radius 1 is 1.21 bits per heavy atom. The summed E-state index contributed by atoms with van der Waals surface area (Å²) in [5, 5.41) is 3.40. The van der Waals surface area contributed by atoms with Crippen LogP contribution in [0.1, 0.15) is 15.9 Å².